The minimum absolute atomic E-state index is 0. The molecule has 0 nitrogen and oxygen atoms in total. The predicted molar refractivity (Wildman–Crippen MR) is 109 cm³/mol. The monoisotopic (exact) mass is 585 g/mol. The van der Waals surface area contributed by atoms with Crippen LogP contribution < -0.4 is 0 Å². The van der Waals surface area contributed by atoms with Gasteiger partial charge in [0.2, 0.25) is 0 Å². The molecule has 0 bridgehead atoms. The van der Waals surface area contributed by atoms with E-state index in [0.717, 1.165) is 0 Å². The summed E-state index contributed by atoms with van der Waals surface area (Å²) in [5, 5.41) is 0. The first kappa shape index (κ1) is 24.8. The van der Waals surface area contributed by atoms with Crippen molar-refractivity contribution in [1.82, 2.24) is 0 Å². The van der Waals surface area contributed by atoms with Gasteiger partial charge in [-0.2, -0.15) is 24.3 Å². The molecule has 0 aliphatic heterocycles. The molecule has 0 saturated carbocycles. The van der Waals surface area contributed by atoms with Gasteiger partial charge in [0, 0.05) is 69.9 Å². The van der Waals surface area contributed by atoms with Gasteiger partial charge >= 0.3 is 0 Å². The van der Waals surface area contributed by atoms with Crippen LogP contribution in [-0.4, -0.2) is 0 Å². The largest absolute Gasteiger partial charge is 0.358 e. The van der Waals surface area contributed by atoms with Crippen LogP contribution >= 0.6 is 37.2 Å². The fourth-order valence-corrected chi connectivity index (χ4v) is 2.71. The van der Waals surface area contributed by atoms with Gasteiger partial charge in [-0.15, -0.1) is 5.56 Å². The van der Waals surface area contributed by atoms with Crippen LogP contribution in [0.3, 0.4) is 0 Å². The molecule has 1 aromatic rings. The first-order chi connectivity index (χ1) is 8.75. The quantitative estimate of drug-likeness (QED) is 0.253. The number of fused-ring (bicyclic) bond motifs is 1. The second kappa shape index (κ2) is 9.73. The summed E-state index contributed by atoms with van der Waals surface area (Å²) in [6.45, 7) is 15.3. The van der Waals surface area contributed by atoms with Gasteiger partial charge in [0.1, 0.15) is 0 Å². The van der Waals surface area contributed by atoms with Crippen LogP contribution in [-0.2, 0) is 50.0 Å². The van der Waals surface area contributed by atoms with E-state index >= 15 is 0 Å². The summed E-state index contributed by atoms with van der Waals surface area (Å²) in [7, 11) is 0. The van der Waals surface area contributed by atoms with Gasteiger partial charge in [-0.3, -0.25) is 0 Å². The Morgan fingerprint density at radius 3 is 2.14 bits per heavy atom. The minimum Gasteiger partial charge on any atom is -0.358 e. The molecular formula is C18H26I2Y-2. The van der Waals surface area contributed by atoms with E-state index in [1.54, 1.807) is 0 Å². The predicted octanol–water partition coefficient (Wildman–Crippen LogP) is 6.76. The van der Waals surface area contributed by atoms with Crippen LogP contribution in [0.25, 0.3) is 0 Å². The summed E-state index contributed by atoms with van der Waals surface area (Å²) in [6, 6.07) is 4.68. The van der Waals surface area contributed by atoms with E-state index in [9.17, 15) is 0 Å². The second-order valence-corrected chi connectivity index (χ2v) is 6.86. The van der Waals surface area contributed by atoms with Crippen molar-refractivity contribution < 1.29 is 32.7 Å². The van der Waals surface area contributed by atoms with E-state index in [4.69, 9.17) is 0 Å². The van der Waals surface area contributed by atoms with E-state index < -0.39 is 0 Å². The van der Waals surface area contributed by atoms with Gasteiger partial charge in [-0.25, -0.2) is 0 Å². The zero-order chi connectivity index (χ0) is 14.8. The average molecular weight is 585 g/mol. The van der Waals surface area contributed by atoms with Gasteiger partial charge in [-0.1, -0.05) is 64.7 Å². The summed E-state index contributed by atoms with van der Waals surface area (Å²) >= 11 is 4.24. The van der Waals surface area contributed by atoms with E-state index in [-0.39, 0.29) is 45.6 Å². The van der Waals surface area contributed by atoms with Crippen molar-refractivity contribution in [3.8, 4) is 0 Å². The summed E-state index contributed by atoms with van der Waals surface area (Å²) < 4.78 is 0. The van der Waals surface area contributed by atoms with Gasteiger partial charge in [0.05, 0.1) is 0 Å². The van der Waals surface area contributed by atoms with Gasteiger partial charge in [0.25, 0.3) is 0 Å². The van der Waals surface area contributed by atoms with Crippen LogP contribution in [0.2, 0.25) is 0 Å². The van der Waals surface area contributed by atoms with Crippen molar-refractivity contribution in [1.29, 1.82) is 0 Å². The van der Waals surface area contributed by atoms with E-state index in [2.05, 4.69) is 96.6 Å². The SMILES string of the molecule is C=[C-]c1cc(C(C)(C)C)cc2c1CCC2(C)C.II.[CH3-].[Y]. The summed E-state index contributed by atoms with van der Waals surface area (Å²) in [5.74, 6) is 0. The van der Waals surface area contributed by atoms with Crippen LogP contribution in [0.1, 0.15) is 63.3 Å². The van der Waals surface area contributed by atoms with E-state index in [0.29, 0.717) is 5.41 Å². The Morgan fingerprint density at radius 2 is 1.71 bits per heavy atom. The van der Waals surface area contributed by atoms with Crippen LogP contribution in [0.4, 0.5) is 0 Å². The summed E-state index contributed by atoms with van der Waals surface area (Å²) in [4.78, 5) is 0. The van der Waals surface area contributed by atoms with Gasteiger partial charge < -0.3 is 7.43 Å². The maximum absolute atomic E-state index is 3.85. The molecule has 0 heterocycles. The number of hydrogen-bond acceptors (Lipinski definition) is 0. The molecule has 0 saturated heterocycles. The first-order valence-corrected chi connectivity index (χ1v) is 12.9. The zero-order valence-electron chi connectivity index (χ0n) is 14.1. The maximum atomic E-state index is 3.85. The third-order valence-electron chi connectivity index (χ3n) is 4.04. The van der Waals surface area contributed by atoms with Crippen molar-refractivity contribution >= 4 is 37.2 Å². The van der Waals surface area contributed by atoms with Crippen molar-refractivity contribution in [2.45, 2.75) is 58.3 Å². The zero-order valence-corrected chi connectivity index (χ0v) is 21.3. The first-order valence-electron chi connectivity index (χ1n) is 6.61. The van der Waals surface area contributed by atoms with Gasteiger partial charge in [0.15, 0.2) is 0 Å². The van der Waals surface area contributed by atoms with Crippen LogP contribution in [0.5, 0.6) is 0 Å². The third kappa shape index (κ3) is 5.83. The molecule has 0 amide bonds. The molecule has 1 aromatic carbocycles. The molecule has 0 fully saturated rings. The number of hydrogen-bond donors (Lipinski definition) is 0. The van der Waals surface area contributed by atoms with Crippen molar-refractivity contribution in [3.63, 3.8) is 0 Å². The molecule has 0 spiro atoms. The topological polar surface area (TPSA) is 0 Å². The number of benzene rings is 1. The third-order valence-corrected chi connectivity index (χ3v) is 4.04. The van der Waals surface area contributed by atoms with Gasteiger partial charge in [-0.05, 0) is 10.8 Å². The van der Waals surface area contributed by atoms with Crippen LogP contribution in [0.15, 0.2) is 18.7 Å². The molecule has 3 heteroatoms. The summed E-state index contributed by atoms with van der Waals surface area (Å²) in [6.07, 6.45) is 5.54. The second-order valence-electron chi connectivity index (χ2n) is 6.86. The molecule has 0 aromatic heterocycles. The molecular weight excluding hydrogens is 559 g/mol. The molecule has 1 radical (unpaired) electrons. The Labute approximate surface area is 180 Å². The Bertz CT molecular complexity index is 471. The molecule has 21 heavy (non-hydrogen) atoms. The van der Waals surface area contributed by atoms with Crippen LogP contribution in [0, 0.1) is 13.5 Å². The molecule has 0 N–H and O–H groups in total. The summed E-state index contributed by atoms with van der Waals surface area (Å²) in [5.41, 5.74) is 6.10. The van der Waals surface area contributed by atoms with Crippen molar-refractivity contribution in [2.24, 2.45) is 0 Å². The van der Waals surface area contributed by atoms with Crippen molar-refractivity contribution in [3.05, 3.63) is 54.5 Å². The van der Waals surface area contributed by atoms with E-state index in [1.807, 2.05) is 0 Å². The van der Waals surface area contributed by atoms with Crippen molar-refractivity contribution in [2.75, 3.05) is 0 Å². The Balaban J connectivity index is 0. The van der Waals surface area contributed by atoms with E-state index in [1.165, 1.54) is 35.1 Å². The Morgan fingerprint density at radius 1 is 1.19 bits per heavy atom. The Hall–Kier alpha value is 1.52. The average Bonchev–Trinajstić information content (AvgIpc) is 2.66. The minimum atomic E-state index is 0. The number of halogens is 2. The molecule has 0 atom stereocenters. The standard InChI is InChI=1S/C17H23.CH3.I2.Y/c1-7-12-10-13(16(2,3)4)11-15-14(12)8-9-17(15,5)6;;1-2;/h10-11H,1,8-9H2,2-6H3;1H3;;/q2*-1;;. The molecule has 0 unspecified atom stereocenters. The molecule has 1 aliphatic rings. The number of rotatable bonds is 1. The maximum Gasteiger partial charge on any atom is 0 e. The normalized spacial score (nSPS) is 14.8. The Kier molecular flexibility index (Phi) is 11.5. The fraction of sp³-hybridized carbons (Fsp3) is 0.500. The molecule has 117 valence electrons. The molecule has 2 rings (SSSR count). The molecule has 1 aliphatic carbocycles. The fourth-order valence-electron chi connectivity index (χ4n) is 2.71. The smallest absolute Gasteiger partial charge is 0 e.